The molecule has 0 unspecified atom stereocenters. The molecule has 0 aliphatic heterocycles. The molecule has 0 amide bonds. The average Bonchev–Trinajstić information content (AvgIpc) is 3.29. The average molecular weight is 467 g/mol. The van der Waals surface area contributed by atoms with Crippen molar-refractivity contribution in [2.24, 2.45) is 0 Å². The minimum atomic E-state index is 0.119. The molecule has 0 aliphatic rings. The molecule has 0 saturated heterocycles. The molecule has 0 bridgehead atoms. The summed E-state index contributed by atoms with van der Waals surface area (Å²) in [6, 6.07) is 13.9. The van der Waals surface area contributed by atoms with Crippen molar-refractivity contribution in [1.82, 2.24) is 24.9 Å². The lowest BCUT2D eigenvalue weighted by Crippen LogP contribution is -2.03. The lowest BCUT2D eigenvalue weighted by atomic mass is 10.0. The van der Waals surface area contributed by atoms with E-state index in [0.29, 0.717) is 36.5 Å². The number of benzene rings is 1. The number of carbonyl (C=O) groups excluding carboxylic acids is 1. The summed E-state index contributed by atoms with van der Waals surface area (Å²) in [4.78, 5) is 31.7. The normalized spacial score (nSPS) is 11.0. The van der Waals surface area contributed by atoms with Crippen molar-refractivity contribution in [3.05, 3.63) is 66.1 Å². The number of aryl methyl sites for hydroxylation is 1. The Morgan fingerprint density at radius 1 is 1.03 bits per heavy atom. The van der Waals surface area contributed by atoms with Crippen LogP contribution in [0.1, 0.15) is 24.0 Å². The molecule has 0 spiro atoms. The van der Waals surface area contributed by atoms with E-state index in [1.165, 1.54) is 6.33 Å². The van der Waals surface area contributed by atoms with E-state index < -0.39 is 0 Å². The number of Topliss-reactive ketones (excluding diaryl/α,β-unsaturated/α-hetero) is 1. The number of aromatic nitrogens is 5. The van der Waals surface area contributed by atoms with Crippen molar-refractivity contribution in [2.45, 2.75) is 30.9 Å². The molecule has 4 aromatic rings. The second-order valence-corrected chi connectivity index (χ2v) is 9.39. The summed E-state index contributed by atoms with van der Waals surface area (Å²) in [5.74, 6) is 1.55. The van der Waals surface area contributed by atoms with E-state index in [-0.39, 0.29) is 11.7 Å². The number of hydrogen-bond donors (Lipinski definition) is 2. The molecule has 164 valence electrons. The van der Waals surface area contributed by atoms with E-state index >= 15 is 0 Å². The summed E-state index contributed by atoms with van der Waals surface area (Å²) in [7, 11) is 3.26. The monoisotopic (exact) mass is 466 g/mol. The van der Waals surface area contributed by atoms with Crippen LogP contribution < -0.4 is 10.5 Å². The van der Waals surface area contributed by atoms with Gasteiger partial charge in [0.05, 0.1) is 6.33 Å². The molecule has 0 aliphatic carbocycles. The Morgan fingerprint density at radius 2 is 1.88 bits per heavy atom. The van der Waals surface area contributed by atoms with Gasteiger partial charge in [0, 0.05) is 24.8 Å². The molecule has 0 saturated carbocycles. The van der Waals surface area contributed by atoms with Gasteiger partial charge in [-0.1, -0.05) is 41.1 Å². The van der Waals surface area contributed by atoms with Crippen LogP contribution in [0.25, 0.3) is 11.2 Å². The smallest absolute Gasteiger partial charge is 0.245 e. The fraction of sp³-hybridized carbons (Fsp3) is 0.227. The van der Waals surface area contributed by atoms with Gasteiger partial charge in [0.2, 0.25) is 11.8 Å². The summed E-state index contributed by atoms with van der Waals surface area (Å²) in [6.07, 6.45) is 5.15. The van der Waals surface area contributed by atoms with Gasteiger partial charge in [-0.05, 0) is 40.5 Å². The van der Waals surface area contributed by atoms with Crippen molar-refractivity contribution in [3.63, 3.8) is 0 Å². The van der Waals surface area contributed by atoms with Crippen molar-refractivity contribution in [1.29, 1.82) is 0 Å². The predicted octanol–water partition coefficient (Wildman–Crippen LogP) is 4.24. The maximum Gasteiger partial charge on any atom is 0.245 e. The van der Waals surface area contributed by atoms with Gasteiger partial charge < -0.3 is 15.5 Å². The van der Waals surface area contributed by atoms with Gasteiger partial charge in [0.1, 0.15) is 22.9 Å². The Hall–Kier alpha value is -3.11. The second-order valence-electron chi connectivity index (χ2n) is 6.96. The zero-order valence-corrected chi connectivity index (χ0v) is 18.9. The van der Waals surface area contributed by atoms with Crippen LogP contribution in [-0.2, 0) is 17.8 Å². The second kappa shape index (κ2) is 11.0. The summed E-state index contributed by atoms with van der Waals surface area (Å²) < 4.78 is 5.80. The van der Waals surface area contributed by atoms with Gasteiger partial charge in [0.15, 0.2) is 5.65 Å². The number of nitrogens with one attached hydrogen (secondary N) is 1. The third-order valence-corrected chi connectivity index (χ3v) is 6.87. The van der Waals surface area contributed by atoms with Gasteiger partial charge in [0.25, 0.3) is 0 Å². The number of nitrogens with two attached hydrogens (primary N) is 1. The van der Waals surface area contributed by atoms with Crippen molar-refractivity contribution in [2.75, 3.05) is 11.5 Å². The lowest BCUT2D eigenvalue weighted by Gasteiger charge is -2.08. The molecule has 0 fully saturated rings. The van der Waals surface area contributed by atoms with Crippen LogP contribution in [0, 0.1) is 0 Å². The van der Waals surface area contributed by atoms with E-state index in [1.807, 2.05) is 42.5 Å². The third kappa shape index (κ3) is 6.21. The number of aromatic amines is 1. The third-order valence-electron chi connectivity index (χ3n) is 4.61. The number of ether oxygens (including phenoxy) is 1. The summed E-state index contributed by atoms with van der Waals surface area (Å²) in [6.45, 7) is 0.342. The Morgan fingerprint density at radius 3 is 2.69 bits per heavy atom. The Kier molecular flexibility index (Phi) is 7.57. The van der Waals surface area contributed by atoms with Crippen LogP contribution in [0.15, 0.2) is 60.0 Å². The van der Waals surface area contributed by atoms with Gasteiger partial charge in [-0.2, -0.15) is 9.97 Å². The number of H-pyrrole nitrogens is 1. The molecule has 10 heteroatoms. The summed E-state index contributed by atoms with van der Waals surface area (Å²) in [5.41, 5.74) is 8.91. The maximum absolute atomic E-state index is 12.2. The fourth-order valence-corrected chi connectivity index (χ4v) is 4.85. The highest BCUT2D eigenvalue weighted by molar-refractivity contribution is 8.76. The van der Waals surface area contributed by atoms with Crippen molar-refractivity contribution < 1.29 is 9.53 Å². The number of carbonyl (C=O) groups is 1. The number of hydrogen-bond acceptors (Lipinski definition) is 9. The molecule has 3 aromatic heterocycles. The highest BCUT2D eigenvalue weighted by Gasteiger charge is 2.10. The topological polar surface area (TPSA) is 120 Å². The number of anilines is 1. The number of imidazole rings is 1. The molecule has 1 aromatic carbocycles. The SMILES string of the molecule is Nc1nc(OCc2ccc(CCC(=O)CCSSc3ccccn3)cc2)c2[nH]cnc2n1. The Labute approximate surface area is 193 Å². The first kappa shape index (κ1) is 22.1. The molecule has 3 heterocycles. The molecule has 0 atom stereocenters. The molecular formula is C22H22N6O2S2. The van der Waals surface area contributed by atoms with Crippen molar-refractivity contribution >= 4 is 44.5 Å². The molecule has 3 N–H and O–H groups in total. The number of pyridine rings is 1. The van der Waals surface area contributed by atoms with Crippen LogP contribution in [-0.4, -0.2) is 36.5 Å². The number of ketones is 1. The van der Waals surface area contributed by atoms with E-state index in [2.05, 4.69) is 24.9 Å². The first-order valence-electron chi connectivity index (χ1n) is 10.1. The Balaban J connectivity index is 1.19. The van der Waals surface area contributed by atoms with Crippen LogP contribution in [0.3, 0.4) is 0 Å². The van der Waals surface area contributed by atoms with Crippen LogP contribution in [0.2, 0.25) is 0 Å². The maximum atomic E-state index is 12.2. The first-order valence-corrected chi connectivity index (χ1v) is 12.4. The van der Waals surface area contributed by atoms with E-state index in [9.17, 15) is 4.79 Å². The molecular weight excluding hydrogens is 444 g/mol. The van der Waals surface area contributed by atoms with E-state index in [0.717, 1.165) is 28.3 Å². The Bertz CT molecular complexity index is 1170. The number of fused-ring (bicyclic) bond motifs is 1. The standard InChI is InChI=1S/C22H22N6O2S2/c23-22-27-20-19(25-14-26-20)21(28-22)30-13-16-6-4-15(5-7-16)8-9-17(29)10-12-31-32-18-3-1-2-11-24-18/h1-7,11,14H,8-10,12-13H2,(H3,23,25,26,27,28). The number of rotatable bonds is 11. The zero-order chi connectivity index (χ0) is 22.2. The van der Waals surface area contributed by atoms with E-state index in [4.69, 9.17) is 10.5 Å². The van der Waals surface area contributed by atoms with Crippen LogP contribution in [0.4, 0.5) is 5.95 Å². The summed E-state index contributed by atoms with van der Waals surface area (Å²) >= 11 is 0. The van der Waals surface area contributed by atoms with Crippen molar-refractivity contribution in [3.8, 4) is 5.88 Å². The number of nitrogens with zero attached hydrogens (tertiary/aromatic N) is 4. The fourth-order valence-electron chi connectivity index (χ4n) is 2.94. The quantitative estimate of drug-likeness (QED) is 0.247. The lowest BCUT2D eigenvalue weighted by molar-refractivity contribution is -0.118. The van der Waals surface area contributed by atoms with Gasteiger partial charge in [-0.3, -0.25) is 4.79 Å². The van der Waals surface area contributed by atoms with Gasteiger partial charge in [-0.15, -0.1) is 0 Å². The minimum Gasteiger partial charge on any atom is -0.471 e. The minimum absolute atomic E-state index is 0.119. The predicted molar refractivity (Wildman–Crippen MR) is 127 cm³/mol. The zero-order valence-electron chi connectivity index (χ0n) is 17.2. The summed E-state index contributed by atoms with van der Waals surface area (Å²) in [5, 5.41) is 0.964. The molecule has 8 nitrogen and oxygen atoms in total. The number of nitrogen functional groups attached to an aromatic ring is 1. The van der Waals surface area contributed by atoms with Crippen LogP contribution in [0.5, 0.6) is 5.88 Å². The highest BCUT2D eigenvalue weighted by atomic mass is 33.1. The molecule has 32 heavy (non-hydrogen) atoms. The van der Waals surface area contributed by atoms with Crippen LogP contribution >= 0.6 is 21.6 Å². The van der Waals surface area contributed by atoms with E-state index in [1.54, 1.807) is 27.8 Å². The highest BCUT2D eigenvalue weighted by Crippen LogP contribution is 2.29. The van der Waals surface area contributed by atoms with Gasteiger partial charge >= 0.3 is 0 Å². The largest absolute Gasteiger partial charge is 0.471 e. The molecule has 0 radical (unpaired) electrons. The first-order chi connectivity index (χ1) is 15.7. The molecule has 4 rings (SSSR count). The van der Waals surface area contributed by atoms with Gasteiger partial charge in [-0.25, -0.2) is 9.97 Å².